The summed E-state index contributed by atoms with van der Waals surface area (Å²) in [5.41, 5.74) is 2.55. The van der Waals surface area contributed by atoms with Crippen LogP contribution in [0.3, 0.4) is 0 Å². The van der Waals surface area contributed by atoms with Crippen LogP contribution in [0.2, 0.25) is 0 Å². The van der Waals surface area contributed by atoms with Gasteiger partial charge in [-0.05, 0) is 41.8 Å². The van der Waals surface area contributed by atoms with Gasteiger partial charge in [-0.1, -0.05) is 6.07 Å². The van der Waals surface area contributed by atoms with Crippen molar-refractivity contribution in [2.45, 2.75) is 19.4 Å². The van der Waals surface area contributed by atoms with Gasteiger partial charge in [0.25, 0.3) is 0 Å². The number of aromatic hydroxyl groups is 1. The molecule has 2 saturated heterocycles. The maximum atomic E-state index is 14.0. The summed E-state index contributed by atoms with van der Waals surface area (Å²) in [5.74, 6) is -0.151. The van der Waals surface area contributed by atoms with Crippen molar-refractivity contribution in [3.8, 4) is 16.5 Å². The molecule has 38 heavy (non-hydrogen) atoms. The Labute approximate surface area is 224 Å². The number of fused-ring (bicyclic) bond motifs is 1. The molecule has 1 N–H and O–H groups in total. The molecule has 4 aromatic rings. The molecule has 5 heterocycles. The number of hydrogen-bond acceptors (Lipinski definition) is 8. The first-order valence-electron chi connectivity index (χ1n) is 12.4. The Morgan fingerprint density at radius 3 is 2.76 bits per heavy atom. The molecule has 0 aliphatic carbocycles. The Bertz CT molecular complexity index is 1580. The number of anilines is 1. The number of thiazole rings is 1. The van der Waals surface area contributed by atoms with E-state index in [0.29, 0.717) is 42.6 Å². The van der Waals surface area contributed by atoms with Gasteiger partial charge >= 0.3 is 5.56 Å². The predicted octanol–water partition coefficient (Wildman–Crippen LogP) is 2.96. The number of pyridine rings is 1. The molecule has 2 aliphatic rings. The van der Waals surface area contributed by atoms with Crippen molar-refractivity contribution in [2.75, 3.05) is 43.5 Å². The first-order valence-corrected chi connectivity index (χ1v) is 14.5. The van der Waals surface area contributed by atoms with Crippen molar-refractivity contribution in [3.63, 3.8) is 0 Å². The highest BCUT2D eigenvalue weighted by Gasteiger charge is 2.22. The number of rotatable bonds is 6. The van der Waals surface area contributed by atoms with Gasteiger partial charge in [0.05, 0.1) is 29.9 Å². The van der Waals surface area contributed by atoms with Crippen LogP contribution in [-0.2, 0) is 28.7 Å². The molecule has 6 rings (SSSR count). The molecule has 1 aromatic carbocycles. The lowest BCUT2D eigenvalue weighted by atomic mass is 10.0. The van der Waals surface area contributed by atoms with Gasteiger partial charge in [0.15, 0.2) is 0 Å². The van der Waals surface area contributed by atoms with Gasteiger partial charge in [-0.3, -0.25) is 9.20 Å². The Hall–Kier alpha value is -3.19. The minimum Gasteiger partial charge on any atom is -0.501 e. The summed E-state index contributed by atoms with van der Waals surface area (Å²) in [5, 5.41) is 11.2. The lowest BCUT2D eigenvalue weighted by molar-refractivity contribution is 0.122. The van der Waals surface area contributed by atoms with Crippen LogP contribution in [-0.4, -0.2) is 66.6 Å². The van der Waals surface area contributed by atoms with Gasteiger partial charge in [0, 0.05) is 55.6 Å². The van der Waals surface area contributed by atoms with Crippen LogP contribution in [0, 0.1) is 5.82 Å². The number of nitrogens with zero attached hydrogens (tertiary/aromatic N) is 5. The van der Waals surface area contributed by atoms with E-state index < -0.39 is 22.3 Å². The smallest absolute Gasteiger partial charge is 0.300 e. The molecule has 3 aromatic heterocycles. The Balaban J connectivity index is 1.28. The quantitative estimate of drug-likeness (QED) is 0.391. The van der Waals surface area contributed by atoms with E-state index >= 15 is 0 Å². The lowest BCUT2D eigenvalue weighted by Crippen LogP contribution is -2.36. The number of benzene rings is 1. The lowest BCUT2D eigenvalue weighted by Gasteiger charge is -2.28. The monoisotopic (exact) mass is 555 g/mol. The van der Waals surface area contributed by atoms with E-state index in [2.05, 4.69) is 14.9 Å². The van der Waals surface area contributed by atoms with Gasteiger partial charge in [0.1, 0.15) is 22.2 Å². The number of aromatic nitrogens is 3. The van der Waals surface area contributed by atoms with E-state index in [1.54, 1.807) is 24.5 Å². The number of halogens is 1. The van der Waals surface area contributed by atoms with Crippen LogP contribution in [0.15, 0.2) is 47.5 Å². The molecule has 198 valence electrons. The van der Waals surface area contributed by atoms with Crippen molar-refractivity contribution in [1.82, 2.24) is 18.7 Å². The van der Waals surface area contributed by atoms with Crippen LogP contribution in [0.1, 0.15) is 22.4 Å². The van der Waals surface area contributed by atoms with Crippen molar-refractivity contribution in [3.05, 3.63) is 74.9 Å². The second-order valence-electron chi connectivity index (χ2n) is 9.29. The molecule has 1 atom stereocenters. The van der Waals surface area contributed by atoms with Crippen LogP contribution in [0.4, 0.5) is 10.1 Å². The maximum Gasteiger partial charge on any atom is 0.300 e. The molecule has 9 nitrogen and oxygen atoms in total. The van der Waals surface area contributed by atoms with Crippen molar-refractivity contribution < 1.29 is 18.4 Å². The first kappa shape index (κ1) is 25.1. The van der Waals surface area contributed by atoms with E-state index in [0.717, 1.165) is 47.7 Å². The largest absolute Gasteiger partial charge is 0.501 e. The fourth-order valence-electron chi connectivity index (χ4n) is 4.81. The van der Waals surface area contributed by atoms with Crippen molar-refractivity contribution >= 4 is 33.7 Å². The predicted molar refractivity (Wildman–Crippen MR) is 145 cm³/mol. The summed E-state index contributed by atoms with van der Waals surface area (Å²) in [6.45, 7) is 3.85. The van der Waals surface area contributed by atoms with Crippen LogP contribution in [0.25, 0.3) is 16.3 Å². The second-order valence-corrected chi connectivity index (χ2v) is 12.0. The van der Waals surface area contributed by atoms with Gasteiger partial charge in [-0.15, -0.1) is 11.3 Å². The highest BCUT2D eigenvalue weighted by molar-refractivity contribution is 7.82. The molecule has 0 radical (unpaired) electrons. The van der Waals surface area contributed by atoms with E-state index in [-0.39, 0.29) is 11.5 Å². The maximum absolute atomic E-state index is 14.0. The average Bonchev–Trinajstić information content (AvgIpc) is 3.57. The molecule has 2 fully saturated rings. The third-order valence-corrected chi connectivity index (χ3v) is 9.34. The topological polar surface area (TPSA) is 100 Å². The van der Waals surface area contributed by atoms with Gasteiger partial charge in [-0.2, -0.15) is 0 Å². The fraction of sp³-hybridized carbons (Fsp3) is 0.346. The molecule has 2 aliphatic heterocycles. The standard InChI is InChI=1S/C26H26FN5O4S2/c27-19-3-2-17(18(12-19)15-31-6-1-11-38(31)35)13-21-14-28-25(37-21)23-24(33)26(34)32-16-20(4-5-22(32)29-23)30-7-9-36-10-8-30/h2-5,12,14,16,33H,1,6-11,13,15H2. The summed E-state index contributed by atoms with van der Waals surface area (Å²) < 4.78 is 34.9. The fourth-order valence-corrected chi connectivity index (χ4v) is 6.99. The number of hydrogen-bond donors (Lipinski definition) is 1. The SMILES string of the molecule is O=c1c(O)c(-c2ncc(Cc3ccc(F)cc3CN3CCCS3=O)s2)nc2ccc(N3CCOCC3)cn12. The minimum atomic E-state index is -1.04. The third kappa shape index (κ3) is 4.96. The summed E-state index contributed by atoms with van der Waals surface area (Å²) in [6, 6.07) is 8.33. The number of morpholine rings is 1. The summed E-state index contributed by atoms with van der Waals surface area (Å²) in [7, 11) is -1.04. The van der Waals surface area contributed by atoms with Crippen LogP contribution < -0.4 is 10.5 Å². The first-order chi connectivity index (χ1) is 18.5. The van der Waals surface area contributed by atoms with Crippen LogP contribution in [0.5, 0.6) is 5.75 Å². The minimum absolute atomic E-state index is 0.136. The molecule has 0 spiro atoms. The van der Waals surface area contributed by atoms with Crippen LogP contribution >= 0.6 is 11.3 Å². The Morgan fingerprint density at radius 2 is 1.97 bits per heavy atom. The van der Waals surface area contributed by atoms with Crippen molar-refractivity contribution in [1.29, 1.82) is 0 Å². The molecule has 0 amide bonds. The Morgan fingerprint density at radius 1 is 1.13 bits per heavy atom. The molecular formula is C26H26FN5O4S2. The van der Waals surface area contributed by atoms with Gasteiger partial charge in [0.2, 0.25) is 5.75 Å². The zero-order chi connectivity index (χ0) is 26.2. The highest BCUT2D eigenvalue weighted by atomic mass is 32.2. The van der Waals surface area contributed by atoms with E-state index in [1.807, 2.05) is 10.4 Å². The van der Waals surface area contributed by atoms with E-state index in [4.69, 9.17) is 4.74 Å². The zero-order valence-corrected chi connectivity index (χ0v) is 22.1. The second kappa shape index (κ2) is 10.5. The normalized spacial score (nSPS) is 18.4. The van der Waals surface area contributed by atoms with Gasteiger partial charge in [-0.25, -0.2) is 22.9 Å². The van der Waals surface area contributed by atoms with E-state index in [1.165, 1.54) is 27.9 Å². The highest BCUT2D eigenvalue weighted by Crippen LogP contribution is 2.31. The van der Waals surface area contributed by atoms with E-state index in [9.17, 15) is 18.5 Å². The third-order valence-electron chi connectivity index (χ3n) is 6.81. The summed E-state index contributed by atoms with van der Waals surface area (Å²) in [4.78, 5) is 25.0. The zero-order valence-electron chi connectivity index (χ0n) is 20.5. The summed E-state index contributed by atoms with van der Waals surface area (Å²) >= 11 is 1.32. The summed E-state index contributed by atoms with van der Waals surface area (Å²) in [6.07, 6.45) is 4.73. The Kier molecular flexibility index (Phi) is 6.95. The molecule has 0 saturated carbocycles. The molecule has 0 bridgehead atoms. The molecule has 1 unspecified atom stereocenters. The molecular weight excluding hydrogens is 529 g/mol. The average molecular weight is 556 g/mol. The molecule has 12 heteroatoms. The van der Waals surface area contributed by atoms with Crippen molar-refractivity contribution in [2.24, 2.45) is 0 Å². The van der Waals surface area contributed by atoms with Gasteiger partial charge < -0.3 is 14.7 Å². The number of ether oxygens (including phenoxy) is 1.